The molecule has 1 N–H and O–H groups in total. The third-order valence-corrected chi connectivity index (χ3v) is 6.21. The first-order valence-corrected chi connectivity index (χ1v) is 11.1. The Balaban J connectivity index is 1.64. The first-order chi connectivity index (χ1) is 14.9. The van der Waals surface area contributed by atoms with Gasteiger partial charge in [0.2, 0.25) is 0 Å². The van der Waals surface area contributed by atoms with E-state index >= 15 is 0 Å². The van der Waals surface area contributed by atoms with Crippen LogP contribution < -0.4 is 5.32 Å². The summed E-state index contributed by atoms with van der Waals surface area (Å²) in [7, 11) is 1.59. The third-order valence-electron chi connectivity index (χ3n) is 5.33. The molecule has 0 radical (unpaired) electrons. The van der Waals surface area contributed by atoms with E-state index in [0.29, 0.717) is 23.8 Å². The summed E-state index contributed by atoms with van der Waals surface area (Å²) in [4.78, 5) is 23.3. The molecule has 0 unspecified atom stereocenters. The smallest absolute Gasteiger partial charge is 0.255 e. The van der Waals surface area contributed by atoms with E-state index in [-0.39, 0.29) is 24.2 Å². The summed E-state index contributed by atoms with van der Waals surface area (Å²) < 4.78 is 12.7. The molecule has 31 heavy (non-hydrogen) atoms. The van der Waals surface area contributed by atoms with Crippen molar-refractivity contribution in [2.24, 2.45) is 0 Å². The normalized spacial score (nSPS) is 18.1. The fraction of sp³-hybridized carbons (Fsp3) is 0.455. The van der Waals surface area contributed by atoms with E-state index in [1.807, 2.05) is 38.3 Å². The van der Waals surface area contributed by atoms with Crippen molar-refractivity contribution in [3.8, 4) is 16.5 Å². The standard InChI is InChI=1S/C22H27N5O3S/c1-14-11-23-21(26-19(14)18-6-5-9-31-18)27-17(13-29-4)16(12-24-27)20(28)25-15-7-8-30-22(2,3)10-15/h5-6,9,11-12,15H,7-8,10,13H2,1-4H3,(H,25,28)/t15-/m0/s1. The maximum Gasteiger partial charge on any atom is 0.255 e. The largest absolute Gasteiger partial charge is 0.378 e. The molecule has 0 aliphatic carbocycles. The first-order valence-electron chi connectivity index (χ1n) is 10.3. The van der Waals surface area contributed by atoms with Crippen LogP contribution in [0.5, 0.6) is 0 Å². The first kappa shape index (κ1) is 21.6. The van der Waals surface area contributed by atoms with Crippen molar-refractivity contribution in [1.29, 1.82) is 0 Å². The van der Waals surface area contributed by atoms with Crippen LogP contribution in [-0.4, -0.2) is 51.0 Å². The van der Waals surface area contributed by atoms with Gasteiger partial charge in [-0.05, 0) is 50.6 Å². The number of hydrogen-bond acceptors (Lipinski definition) is 7. The van der Waals surface area contributed by atoms with Crippen LogP contribution >= 0.6 is 11.3 Å². The number of nitrogens with one attached hydrogen (secondary N) is 1. The second-order valence-electron chi connectivity index (χ2n) is 8.30. The van der Waals surface area contributed by atoms with E-state index in [1.54, 1.807) is 35.5 Å². The fourth-order valence-electron chi connectivity index (χ4n) is 3.83. The van der Waals surface area contributed by atoms with Crippen molar-refractivity contribution < 1.29 is 14.3 Å². The van der Waals surface area contributed by atoms with Crippen LogP contribution in [0.3, 0.4) is 0 Å². The SMILES string of the molecule is COCc1c(C(=O)N[C@H]2CCOC(C)(C)C2)cnn1-c1ncc(C)c(-c2cccs2)n1. The molecule has 0 saturated carbocycles. The summed E-state index contributed by atoms with van der Waals surface area (Å²) in [6, 6.07) is 4.07. The molecule has 0 spiro atoms. The number of amides is 1. The monoisotopic (exact) mass is 441 g/mol. The minimum absolute atomic E-state index is 0.0519. The van der Waals surface area contributed by atoms with Gasteiger partial charge in [-0.2, -0.15) is 9.78 Å². The van der Waals surface area contributed by atoms with Crippen LogP contribution in [0.2, 0.25) is 0 Å². The zero-order chi connectivity index (χ0) is 22.0. The van der Waals surface area contributed by atoms with Gasteiger partial charge in [-0.15, -0.1) is 11.3 Å². The van der Waals surface area contributed by atoms with Crippen LogP contribution in [0.15, 0.2) is 29.9 Å². The van der Waals surface area contributed by atoms with Crippen LogP contribution in [-0.2, 0) is 16.1 Å². The molecule has 0 bridgehead atoms. The lowest BCUT2D eigenvalue weighted by Gasteiger charge is -2.35. The highest BCUT2D eigenvalue weighted by atomic mass is 32.1. The average Bonchev–Trinajstić information content (AvgIpc) is 3.38. The molecule has 164 valence electrons. The number of nitrogens with zero attached hydrogens (tertiary/aromatic N) is 4. The zero-order valence-electron chi connectivity index (χ0n) is 18.2. The van der Waals surface area contributed by atoms with Gasteiger partial charge in [0.1, 0.15) is 0 Å². The van der Waals surface area contributed by atoms with Gasteiger partial charge in [0.05, 0.1) is 40.2 Å². The Kier molecular flexibility index (Phi) is 6.17. The van der Waals surface area contributed by atoms with Crippen LogP contribution in [0.25, 0.3) is 16.5 Å². The van der Waals surface area contributed by atoms with E-state index in [0.717, 1.165) is 29.0 Å². The van der Waals surface area contributed by atoms with Crippen molar-refractivity contribution in [2.45, 2.75) is 51.9 Å². The molecule has 1 aliphatic rings. The lowest BCUT2D eigenvalue weighted by molar-refractivity contribution is -0.0615. The summed E-state index contributed by atoms with van der Waals surface area (Å²) >= 11 is 1.62. The summed E-state index contributed by atoms with van der Waals surface area (Å²) in [5.74, 6) is 0.235. The van der Waals surface area contributed by atoms with E-state index in [9.17, 15) is 4.79 Å². The van der Waals surface area contributed by atoms with E-state index in [4.69, 9.17) is 14.5 Å². The molecular formula is C22H27N5O3S. The molecule has 4 heterocycles. The number of aromatic nitrogens is 4. The summed E-state index contributed by atoms with van der Waals surface area (Å²) in [5, 5.41) is 9.57. The maximum absolute atomic E-state index is 13.1. The van der Waals surface area contributed by atoms with E-state index in [1.165, 1.54) is 0 Å². The Labute approximate surface area is 185 Å². The molecule has 3 aromatic heterocycles. The Morgan fingerprint density at radius 3 is 2.97 bits per heavy atom. The van der Waals surface area contributed by atoms with Crippen molar-refractivity contribution in [3.63, 3.8) is 0 Å². The van der Waals surface area contributed by atoms with Gasteiger partial charge in [0, 0.05) is 26.0 Å². The average molecular weight is 442 g/mol. The highest BCUT2D eigenvalue weighted by Gasteiger charge is 2.31. The highest BCUT2D eigenvalue weighted by Crippen LogP contribution is 2.27. The van der Waals surface area contributed by atoms with Crippen molar-refractivity contribution in [3.05, 3.63) is 46.7 Å². The van der Waals surface area contributed by atoms with Gasteiger partial charge in [-0.1, -0.05) is 6.07 Å². The molecule has 9 heteroatoms. The van der Waals surface area contributed by atoms with E-state index < -0.39 is 0 Å². The van der Waals surface area contributed by atoms with Crippen LogP contribution in [0.4, 0.5) is 0 Å². The molecule has 1 saturated heterocycles. The van der Waals surface area contributed by atoms with Gasteiger partial charge in [-0.3, -0.25) is 4.79 Å². The number of ether oxygens (including phenoxy) is 2. The van der Waals surface area contributed by atoms with Gasteiger partial charge >= 0.3 is 0 Å². The van der Waals surface area contributed by atoms with Gasteiger partial charge in [0.25, 0.3) is 11.9 Å². The lowest BCUT2D eigenvalue weighted by Crippen LogP contribution is -2.45. The number of hydrogen-bond donors (Lipinski definition) is 1. The molecule has 8 nitrogen and oxygen atoms in total. The van der Waals surface area contributed by atoms with Crippen molar-refractivity contribution in [2.75, 3.05) is 13.7 Å². The molecule has 1 atom stereocenters. The topological polar surface area (TPSA) is 91.2 Å². The number of carbonyl (C=O) groups excluding carboxylic acids is 1. The molecule has 1 amide bonds. The minimum atomic E-state index is -0.246. The summed E-state index contributed by atoms with van der Waals surface area (Å²) in [6.07, 6.45) is 4.88. The van der Waals surface area contributed by atoms with Gasteiger partial charge in [0.15, 0.2) is 0 Å². The van der Waals surface area contributed by atoms with Gasteiger partial charge < -0.3 is 14.8 Å². The predicted molar refractivity (Wildman–Crippen MR) is 118 cm³/mol. The molecule has 0 aromatic carbocycles. The maximum atomic E-state index is 13.1. The summed E-state index contributed by atoms with van der Waals surface area (Å²) in [6.45, 7) is 6.91. The third kappa shape index (κ3) is 4.68. The molecule has 1 fully saturated rings. The Morgan fingerprint density at radius 1 is 1.42 bits per heavy atom. The Hall–Kier alpha value is -2.62. The Bertz CT molecular complexity index is 1060. The molecule has 4 rings (SSSR count). The molecular weight excluding hydrogens is 414 g/mol. The number of rotatable bonds is 6. The number of thiophene rings is 1. The summed E-state index contributed by atoms with van der Waals surface area (Å²) in [5.41, 5.74) is 2.67. The van der Waals surface area contributed by atoms with E-state index in [2.05, 4.69) is 15.4 Å². The van der Waals surface area contributed by atoms with Crippen molar-refractivity contribution in [1.82, 2.24) is 25.1 Å². The van der Waals surface area contributed by atoms with Crippen LogP contribution in [0, 0.1) is 6.92 Å². The molecule has 1 aliphatic heterocycles. The van der Waals surface area contributed by atoms with Crippen LogP contribution in [0.1, 0.15) is 48.3 Å². The second-order valence-corrected chi connectivity index (χ2v) is 9.25. The number of carbonyl (C=O) groups is 1. The zero-order valence-corrected chi connectivity index (χ0v) is 19.0. The highest BCUT2D eigenvalue weighted by molar-refractivity contribution is 7.13. The van der Waals surface area contributed by atoms with Crippen molar-refractivity contribution >= 4 is 17.2 Å². The number of methoxy groups -OCH3 is 1. The fourth-order valence-corrected chi connectivity index (χ4v) is 4.61. The second kappa shape index (κ2) is 8.86. The number of aryl methyl sites for hydroxylation is 1. The molecule has 3 aromatic rings. The van der Waals surface area contributed by atoms with Gasteiger partial charge in [-0.25, -0.2) is 9.97 Å². The predicted octanol–water partition coefficient (Wildman–Crippen LogP) is 3.53. The quantitative estimate of drug-likeness (QED) is 0.629. The lowest BCUT2D eigenvalue weighted by atomic mass is 9.94. The Morgan fingerprint density at radius 2 is 2.26 bits per heavy atom. The minimum Gasteiger partial charge on any atom is -0.378 e.